The Bertz CT molecular complexity index is 1460. The zero-order valence-corrected chi connectivity index (χ0v) is 21.6. The predicted octanol–water partition coefficient (Wildman–Crippen LogP) is 5.68. The van der Waals surface area contributed by atoms with Crippen LogP contribution in [0.2, 0.25) is 0 Å². The van der Waals surface area contributed by atoms with Gasteiger partial charge < -0.3 is 0 Å². The lowest BCUT2D eigenvalue weighted by Crippen LogP contribution is -2.74. The normalized spacial score (nSPS) is 13.8. The molecule has 0 radical (unpaired) electrons. The highest BCUT2D eigenvalue weighted by molar-refractivity contribution is 7.19. The Hall–Kier alpha value is -3.68. The van der Waals surface area contributed by atoms with Gasteiger partial charge in [0.05, 0.1) is 0 Å². The Morgan fingerprint density at radius 3 is 1.57 bits per heavy atom. The fraction of sp³-hybridized carbons (Fsp3) is 0.118. The molecule has 0 aliphatic heterocycles. The number of rotatable bonds is 4. The molecule has 0 heterocycles. The maximum atomic E-state index is 2.54. The minimum atomic E-state index is -2.53. The number of fused-ring (bicyclic) bond motifs is 3. The highest BCUT2D eigenvalue weighted by Crippen LogP contribution is 2.48. The SMILES string of the molecule is Cc1ccc([Si](c2ccccc2)(c2ccccc2)c2ccc3c(c2)C(C)(C)c2ccccc2-3)cc1. The standard InChI is InChI=1S/C34H30Si/c1-25-18-20-28(21-19-25)35(26-12-6-4-7-13-26,27-14-8-5-9-15-27)29-22-23-31-30-16-10-11-17-32(30)34(2,3)33(31)24-29/h4-24H,1-3H3. The number of benzene rings is 5. The molecule has 0 aromatic heterocycles. The summed E-state index contributed by atoms with van der Waals surface area (Å²) in [6.45, 7) is 6.93. The second-order valence-electron chi connectivity index (χ2n) is 10.3. The van der Waals surface area contributed by atoms with Gasteiger partial charge in [0.25, 0.3) is 0 Å². The molecular weight excluding hydrogens is 436 g/mol. The topological polar surface area (TPSA) is 0 Å². The summed E-state index contributed by atoms with van der Waals surface area (Å²) in [6.07, 6.45) is 0. The molecule has 0 saturated carbocycles. The average molecular weight is 467 g/mol. The number of hydrogen-bond donors (Lipinski definition) is 0. The summed E-state index contributed by atoms with van der Waals surface area (Å²) in [7, 11) is -2.53. The van der Waals surface area contributed by atoms with E-state index in [1.165, 1.54) is 48.6 Å². The van der Waals surface area contributed by atoms with E-state index in [0.29, 0.717) is 0 Å². The summed E-state index contributed by atoms with van der Waals surface area (Å²) in [4.78, 5) is 0. The number of aryl methyl sites for hydroxylation is 1. The van der Waals surface area contributed by atoms with Gasteiger partial charge in [0.1, 0.15) is 0 Å². The van der Waals surface area contributed by atoms with Gasteiger partial charge in [-0.3, -0.25) is 0 Å². The smallest absolute Gasteiger partial charge is 0.0623 e. The molecule has 0 N–H and O–H groups in total. The molecule has 35 heavy (non-hydrogen) atoms. The van der Waals surface area contributed by atoms with E-state index >= 15 is 0 Å². The first-order chi connectivity index (χ1) is 17.0. The molecular formula is C34H30Si. The van der Waals surface area contributed by atoms with Gasteiger partial charge in [-0.15, -0.1) is 0 Å². The third kappa shape index (κ3) is 3.26. The van der Waals surface area contributed by atoms with E-state index in [9.17, 15) is 0 Å². The predicted molar refractivity (Wildman–Crippen MR) is 152 cm³/mol. The summed E-state index contributed by atoms with van der Waals surface area (Å²) < 4.78 is 0. The quantitative estimate of drug-likeness (QED) is 0.236. The fourth-order valence-electron chi connectivity index (χ4n) is 6.12. The van der Waals surface area contributed by atoms with E-state index in [0.717, 1.165) is 0 Å². The Morgan fingerprint density at radius 2 is 0.943 bits per heavy atom. The average Bonchev–Trinajstić information content (AvgIpc) is 3.13. The van der Waals surface area contributed by atoms with Crippen LogP contribution >= 0.6 is 0 Å². The number of hydrogen-bond acceptors (Lipinski definition) is 0. The third-order valence-electron chi connectivity index (χ3n) is 7.91. The molecule has 5 aromatic carbocycles. The lowest BCUT2D eigenvalue weighted by molar-refractivity contribution is 0.661. The van der Waals surface area contributed by atoms with Crippen molar-refractivity contribution >= 4 is 28.8 Å². The van der Waals surface area contributed by atoms with Crippen LogP contribution in [-0.2, 0) is 5.41 Å². The van der Waals surface area contributed by atoms with Crippen molar-refractivity contribution in [1.82, 2.24) is 0 Å². The van der Waals surface area contributed by atoms with Crippen molar-refractivity contribution in [1.29, 1.82) is 0 Å². The first-order valence-corrected chi connectivity index (χ1v) is 14.5. The van der Waals surface area contributed by atoms with Crippen LogP contribution in [-0.4, -0.2) is 8.07 Å². The minimum absolute atomic E-state index is 0.0251. The van der Waals surface area contributed by atoms with Gasteiger partial charge in [0, 0.05) is 5.41 Å². The second kappa shape index (κ2) is 8.22. The molecule has 0 unspecified atom stereocenters. The van der Waals surface area contributed by atoms with Crippen LogP contribution in [0.5, 0.6) is 0 Å². The molecule has 1 aliphatic carbocycles. The molecule has 0 bridgehead atoms. The zero-order valence-electron chi connectivity index (χ0n) is 20.6. The largest absolute Gasteiger partial charge is 0.179 e. The molecule has 5 aromatic rings. The van der Waals surface area contributed by atoms with E-state index in [1.54, 1.807) is 0 Å². The molecule has 0 spiro atoms. The van der Waals surface area contributed by atoms with E-state index < -0.39 is 8.07 Å². The Kier molecular flexibility index (Phi) is 5.12. The van der Waals surface area contributed by atoms with Gasteiger partial charge in [0.2, 0.25) is 0 Å². The van der Waals surface area contributed by atoms with Crippen molar-refractivity contribution < 1.29 is 0 Å². The summed E-state index contributed by atoms with van der Waals surface area (Å²) >= 11 is 0. The Labute approximate surface area is 209 Å². The summed E-state index contributed by atoms with van der Waals surface area (Å²) in [6, 6.07) is 48.0. The monoisotopic (exact) mass is 466 g/mol. The molecule has 0 fully saturated rings. The highest BCUT2D eigenvalue weighted by atomic mass is 28.3. The summed E-state index contributed by atoms with van der Waals surface area (Å²) in [5.41, 5.74) is 6.89. The van der Waals surface area contributed by atoms with Crippen molar-refractivity contribution in [3.05, 3.63) is 144 Å². The lowest BCUT2D eigenvalue weighted by atomic mass is 9.82. The van der Waals surface area contributed by atoms with Gasteiger partial charge in [-0.25, -0.2) is 0 Å². The Morgan fingerprint density at radius 1 is 0.457 bits per heavy atom. The van der Waals surface area contributed by atoms with Gasteiger partial charge in [0.15, 0.2) is 8.07 Å². The minimum Gasteiger partial charge on any atom is -0.0623 e. The van der Waals surface area contributed by atoms with Crippen LogP contribution in [0, 0.1) is 6.92 Å². The molecule has 1 aliphatic rings. The van der Waals surface area contributed by atoms with E-state index in [-0.39, 0.29) is 5.41 Å². The van der Waals surface area contributed by atoms with Crippen molar-refractivity contribution in [2.45, 2.75) is 26.2 Å². The first-order valence-electron chi connectivity index (χ1n) is 12.5. The lowest BCUT2D eigenvalue weighted by Gasteiger charge is -2.35. The van der Waals surface area contributed by atoms with E-state index in [4.69, 9.17) is 0 Å². The van der Waals surface area contributed by atoms with Crippen LogP contribution < -0.4 is 20.7 Å². The highest BCUT2D eigenvalue weighted by Gasteiger charge is 2.43. The van der Waals surface area contributed by atoms with Gasteiger partial charge >= 0.3 is 0 Å². The molecule has 0 saturated heterocycles. The first kappa shape index (κ1) is 21.8. The third-order valence-corrected chi connectivity index (χ3v) is 12.7. The van der Waals surface area contributed by atoms with E-state index in [2.05, 4.69) is 148 Å². The maximum absolute atomic E-state index is 2.54. The summed E-state index contributed by atoms with van der Waals surface area (Å²) in [5.74, 6) is 0. The maximum Gasteiger partial charge on any atom is 0.179 e. The van der Waals surface area contributed by atoms with Crippen molar-refractivity contribution in [3.63, 3.8) is 0 Å². The fourth-order valence-corrected chi connectivity index (χ4v) is 10.9. The molecule has 1 heteroatoms. The molecule has 170 valence electrons. The van der Waals surface area contributed by atoms with Crippen LogP contribution in [0.4, 0.5) is 0 Å². The van der Waals surface area contributed by atoms with E-state index in [1.807, 2.05) is 0 Å². The molecule has 6 rings (SSSR count). The van der Waals surface area contributed by atoms with Crippen molar-refractivity contribution in [3.8, 4) is 11.1 Å². The van der Waals surface area contributed by atoms with Gasteiger partial charge in [-0.2, -0.15) is 0 Å². The van der Waals surface area contributed by atoms with Crippen LogP contribution in [0.1, 0.15) is 30.5 Å². The molecule has 0 atom stereocenters. The van der Waals surface area contributed by atoms with Crippen molar-refractivity contribution in [2.75, 3.05) is 0 Å². The van der Waals surface area contributed by atoms with Gasteiger partial charge in [-0.05, 0) is 49.9 Å². The Balaban J connectivity index is 1.70. The zero-order chi connectivity index (χ0) is 24.0. The van der Waals surface area contributed by atoms with Gasteiger partial charge in [-0.1, -0.05) is 147 Å². The van der Waals surface area contributed by atoms with Crippen LogP contribution in [0.15, 0.2) is 127 Å². The van der Waals surface area contributed by atoms with Crippen molar-refractivity contribution in [2.24, 2.45) is 0 Å². The molecule has 0 nitrogen and oxygen atoms in total. The van der Waals surface area contributed by atoms with Crippen LogP contribution in [0.25, 0.3) is 11.1 Å². The second-order valence-corrected chi connectivity index (χ2v) is 14.1. The summed E-state index contributed by atoms with van der Waals surface area (Å²) in [5, 5.41) is 5.71. The molecule has 0 amide bonds. The van der Waals surface area contributed by atoms with Crippen LogP contribution in [0.3, 0.4) is 0 Å².